The van der Waals surface area contributed by atoms with Crippen molar-refractivity contribution in [2.75, 3.05) is 0 Å². The lowest BCUT2D eigenvalue weighted by molar-refractivity contribution is 1.15. The first-order valence-electron chi connectivity index (χ1n) is 18.9. The third kappa shape index (κ3) is 4.81. The van der Waals surface area contributed by atoms with Crippen LogP contribution in [0.5, 0.6) is 0 Å². The minimum absolute atomic E-state index is 0.880. The Bertz CT molecular complexity index is 2890. The van der Waals surface area contributed by atoms with Gasteiger partial charge in [0.1, 0.15) is 0 Å². The highest BCUT2D eigenvalue weighted by Crippen LogP contribution is 2.38. The molecule has 0 saturated heterocycles. The van der Waals surface area contributed by atoms with Crippen molar-refractivity contribution in [3.63, 3.8) is 0 Å². The van der Waals surface area contributed by atoms with Gasteiger partial charge in [-0.2, -0.15) is 0 Å². The molecule has 0 amide bonds. The number of fused-ring (bicyclic) bond motifs is 8. The summed E-state index contributed by atoms with van der Waals surface area (Å²) in [4.78, 5) is 0. The molecule has 11 rings (SSSR count). The van der Waals surface area contributed by atoms with Crippen LogP contribution in [0.3, 0.4) is 0 Å². The molecule has 0 unspecified atom stereocenters. The number of benzene rings is 9. The number of hydrogen-bond acceptors (Lipinski definition) is 0. The largest absolute Gasteiger partial charge is 0.309 e. The van der Waals surface area contributed by atoms with Crippen LogP contribution in [0.15, 0.2) is 194 Å². The second-order valence-corrected chi connectivity index (χ2v) is 14.5. The summed E-state index contributed by atoms with van der Waals surface area (Å²) in [6.07, 6.45) is 1.76. The van der Waals surface area contributed by atoms with Crippen molar-refractivity contribution in [1.29, 1.82) is 0 Å². The molecule has 0 fully saturated rings. The molecule has 2 heterocycles. The molecule has 11 aromatic rings. The van der Waals surface area contributed by atoms with E-state index in [0.717, 1.165) is 12.8 Å². The van der Waals surface area contributed by atoms with Gasteiger partial charge in [-0.1, -0.05) is 158 Å². The summed E-state index contributed by atoms with van der Waals surface area (Å²) in [6.45, 7) is 0. The van der Waals surface area contributed by atoms with Crippen molar-refractivity contribution in [1.82, 2.24) is 9.13 Å². The van der Waals surface area contributed by atoms with Crippen molar-refractivity contribution in [2.45, 2.75) is 12.8 Å². The van der Waals surface area contributed by atoms with Gasteiger partial charge in [0.15, 0.2) is 0 Å². The zero-order valence-corrected chi connectivity index (χ0v) is 29.8. The summed E-state index contributed by atoms with van der Waals surface area (Å²) >= 11 is 0. The van der Waals surface area contributed by atoms with E-state index < -0.39 is 0 Å². The molecule has 0 N–H and O–H groups in total. The minimum atomic E-state index is 0.880. The monoisotopic (exact) mass is 688 g/mol. The first kappa shape index (κ1) is 30.7. The van der Waals surface area contributed by atoms with E-state index in [1.54, 1.807) is 0 Å². The molecular formula is C52H36N2. The zero-order chi connectivity index (χ0) is 35.6. The standard InChI is InChI=1S/C52H36N2/c1-3-15-41-39(13-1)37(29-31-51(41)53-47-21-9-5-17-43(47)44-18-6-10-22-48(44)53)33-35-25-27-36(28-26-35)34-38-30-32-52(42-16-4-2-14-40(38)42)54-49-23-11-7-19-45(49)46-20-8-12-24-50(46)54/h1-32H,33-34H2. The molecule has 9 aromatic carbocycles. The topological polar surface area (TPSA) is 9.86 Å². The molecule has 2 aromatic heterocycles. The number of hydrogen-bond donors (Lipinski definition) is 0. The Labute approximate surface area is 313 Å². The van der Waals surface area contributed by atoms with Crippen molar-refractivity contribution >= 4 is 65.2 Å². The van der Waals surface area contributed by atoms with E-state index >= 15 is 0 Å². The molecule has 0 atom stereocenters. The van der Waals surface area contributed by atoms with E-state index in [4.69, 9.17) is 0 Å². The molecule has 0 aliphatic heterocycles. The predicted molar refractivity (Wildman–Crippen MR) is 229 cm³/mol. The van der Waals surface area contributed by atoms with Gasteiger partial charge in [0.05, 0.1) is 33.4 Å². The predicted octanol–water partition coefficient (Wildman–Crippen LogP) is 13.4. The zero-order valence-electron chi connectivity index (χ0n) is 29.8. The lowest BCUT2D eigenvalue weighted by Gasteiger charge is -2.15. The highest BCUT2D eigenvalue weighted by atomic mass is 15.0. The van der Waals surface area contributed by atoms with Gasteiger partial charge in [0.25, 0.3) is 0 Å². The highest BCUT2D eigenvalue weighted by molar-refractivity contribution is 6.12. The fraction of sp³-hybridized carbons (Fsp3) is 0.0385. The average molecular weight is 689 g/mol. The Kier molecular flexibility index (Phi) is 7.03. The Hall–Kier alpha value is -6.90. The molecule has 0 bridgehead atoms. The Morgan fingerprint density at radius 3 is 0.852 bits per heavy atom. The van der Waals surface area contributed by atoms with Gasteiger partial charge in [0.2, 0.25) is 0 Å². The normalized spacial score (nSPS) is 11.9. The molecule has 0 spiro atoms. The third-order valence-corrected chi connectivity index (χ3v) is 11.4. The average Bonchev–Trinajstić information content (AvgIpc) is 3.75. The summed E-state index contributed by atoms with van der Waals surface area (Å²) in [7, 11) is 0. The lowest BCUT2D eigenvalue weighted by Crippen LogP contribution is -1.99. The van der Waals surface area contributed by atoms with E-state index in [0.29, 0.717) is 0 Å². The Balaban J connectivity index is 0.925. The van der Waals surface area contributed by atoms with Gasteiger partial charge >= 0.3 is 0 Å². The minimum Gasteiger partial charge on any atom is -0.309 e. The van der Waals surface area contributed by atoms with Crippen LogP contribution in [0.25, 0.3) is 76.5 Å². The van der Waals surface area contributed by atoms with Gasteiger partial charge in [-0.3, -0.25) is 0 Å². The Morgan fingerprint density at radius 1 is 0.241 bits per heavy atom. The van der Waals surface area contributed by atoms with E-state index in [2.05, 4.69) is 203 Å². The maximum atomic E-state index is 2.44. The van der Waals surface area contributed by atoms with Crippen molar-refractivity contribution in [3.05, 3.63) is 216 Å². The van der Waals surface area contributed by atoms with Crippen LogP contribution >= 0.6 is 0 Å². The second kappa shape index (κ2) is 12.4. The summed E-state index contributed by atoms with van der Waals surface area (Å²) in [5.74, 6) is 0. The highest BCUT2D eigenvalue weighted by Gasteiger charge is 2.17. The molecule has 54 heavy (non-hydrogen) atoms. The fourth-order valence-corrected chi connectivity index (χ4v) is 8.97. The number of rotatable bonds is 6. The van der Waals surface area contributed by atoms with Crippen LogP contribution in [0.2, 0.25) is 0 Å². The molecule has 254 valence electrons. The first-order valence-corrected chi connectivity index (χ1v) is 18.9. The van der Waals surface area contributed by atoms with Gasteiger partial charge in [0, 0.05) is 32.3 Å². The van der Waals surface area contributed by atoms with Crippen molar-refractivity contribution < 1.29 is 0 Å². The van der Waals surface area contributed by atoms with Crippen LogP contribution in [-0.4, -0.2) is 9.13 Å². The maximum absolute atomic E-state index is 2.44. The maximum Gasteiger partial charge on any atom is 0.0541 e. The molecule has 0 saturated carbocycles. The van der Waals surface area contributed by atoms with E-state index in [1.807, 2.05) is 0 Å². The van der Waals surface area contributed by atoms with E-state index in [-0.39, 0.29) is 0 Å². The second-order valence-electron chi connectivity index (χ2n) is 14.5. The van der Waals surface area contributed by atoms with Gasteiger partial charge in [-0.25, -0.2) is 0 Å². The quantitative estimate of drug-likeness (QED) is 0.165. The third-order valence-electron chi connectivity index (χ3n) is 11.4. The molecule has 2 nitrogen and oxygen atoms in total. The van der Waals surface area contributed by atoms with Gasteiger partial charge in [-0.05, 0) is 82.3 Å². The van der Waals surface area contributed by atoms with Crippen molar-refractivity contribution in [3.8, 4) is 11.4 Å². The number of para-hydroxylation sites is 4. The first-order chi connectivity index (χ1) is 26.8. The molecule has 0 radical (unpaired) electrons. The SMILES string of the molecule is c1ccc2c(-n3c4ccccc4c4ccccc43)ccc(Cc3ccc(Cc4ccc(-n5c6ccccc6c6ccccc65)c5ccccc45)cc3)c2c1. The van der Waals surface area contributed by atoms with E-state index in [1.165, 1.54) is 98.8 Å². The fourth-order valence-electron chi connectivity index (χ4n) is 8.97. The van der Waals surface area contributed by atoms with Gasteiger partial charge in [-0.15, -0.1) is 0 Å². The number of aromatic nitrogens is 2. The summed E-state index contributed by atoms with van der Waals surface area (Å²) in [6, 6.07) is 71.4. The molecule has 0 aliphatic rings. The summed E-state index contributed by atoms with van der Waals surface area (Å²) in [5, 5.41) is 10.3. The summed E-state index contributed by atoms with van der Waals surface area (Å²) in [5.41, 5.74) is 12.7. The van der Waals surface area contributed by atoms with Gasteiger partial charge < -0.3 is 9.13 Å². The van der Waals surface area contributed by atoms with Crippen LogP contribution in [0.4, 0.5) is 0 Å². The molecule has 2 heteroatoms. The summed E-state index contributed by atoms with van der Waals surface area (Å²) < 4.78 is 4.87. The van der Waals surface area contributed by atoms with Crippen LogP contribution in [0, 0.1) is 0 Å². The molecule has 0 aliphatic carbocycles. The van der Waals surface area contributed by atoms with Crippen LogP contribution < -0.4 is 0 Å². The van der Waals surface area contributed by atoms with Crippen LogP contribution in [0.1, 0.15) is 22.3 Å². The Morgan fingerprint density at radius 2 is 0.519 bits per heavy atom. The van der Waals surface area contributed by atoms with Crippen molar-refractivity contribution in [2.24, 2.45) is 0 Å². The number of nitrogens with zero attached hydrogens (tertiary/aromatic N) is 2. The lowest BCUT2D eigenvalue weighted by atomic mass is 9.94. The van der Waals surface area contributed by atoms with Crippen LogP contribution in [-0.2, 0) is 12.8 Å². The van der Waals surface area contributed by atoms with E-state index in [9.17, 15) is 0 Å². The smallest absolute Gasteiger partial charge is 0.0541 e. The molecular weight excluding hydrogens is 653 g/mol.